The number of nitrogens with one attached hydrogen (secondary N) is 2. The first kappa shape index (κ1) is 44.6. The lowest BCUT2D eigenvalue weighted by Gasteiger charge is -2.37. The number of carboxylic acids is 1. The van der Waals surface area contributed by atoms with Gasteiger partial charge in [-0.05, 0) is 117 Å². The van der Waals surface area contributed by atoms with Crippen LogP contribution in [-0.4, -0.2) is 91.5 Å². The van der Waals surface area contributed by atoms with E-state index in [4.69, 9.17) is 11.6 Å². The normalized spacial score (nSPS) is 14.8. The highest BCUT2D eigenvalue weighted by atomic mass is 35.5. The van der Waals surface area contributed by atoms with Crippen molar-refractivity contribution >= 4 is 67.8 Å². The van der Waals surface area contributed by atoms with Crippen LogP contribution in [0.2, 0.25) is 5.02 Å². The first-order chi connectivity index (χ1) is 30.8. The largest absolute Gasteiger partial charge is 0.478 e. The average molecular weight is 921 g/mol. The molecule has 16 heteroatoms. The second-order valence-electron chi connectivity index (χ2n) is 16.1. The second-order valence-corrected chi connectivity index (χ2v) is 19.3. The van der Waals surface area contributed by atoms with Crippen molar-refractivity contribution in [2.75, 3.05) is 71.4 Å². The molecule has 13 nitrogen and oxygen atoms in total. The van der Waals surface area contributed by atoms with Crippen LogP contribution in [0.1, 0.15) is 28.9 Å². The van der Waals surface area contributed by atoms with E-state index in [1.54, 1.807) is 36.0 Å². The van der Waals surface area contributed by atoms with E-state index in [0.29, 0.717) is 53.9 Å². The molecule has 6 aromatic rings. The fourth-order valence-corrected chi connectivity index (χ4v) is 10.5. The van der Waals surface area contributed by atoms with Gasteiger partial charge in [-0.3, -0.25) is 14.8 Å². The molecule has 2 fully saturated rings. The number of hydrogen-bond donors (Lipinski definition) is 3. The van der Waals surface area contributed by atoms with Crippen LogP contribution in [0.4, 0.5) is 28.4 Å². The number of benzene rings is 5. The minimum atomic E-state index is -4.16. The van der Waals surface area contributed by atoms with E-state index in [9.17, 15) is 28.4 Å². The fraction of sp³-hybridized carbons (Fsp3) is 0.271. The molecule has 0 saturated carbocycles. The number of rotatable bonds is 17. The smallest absolute Gasteiger partial charge is 0.338 e. The number of carboxylic acid groups (broad SMARTS) is 1. The van der Waals surface area contributed by atoms with E-state index >= 15 is 0 Å². The number of sulfonamides is 1. The number of aromatic nitrogens is 1. The van der Waals surface area contributed by atoms with Crippen LogP contribution in [0.15, 0.2) is 131 Å². The zero-order valence-electron chi connectivity index (χ0n) is 35.6. The van der Waals surface area contributed by atoms with Gasteiger partial charge in [0.2, 0.25) is 0 Å². The van der Waals surface area contributed by atoms with Gasteiger partial charge in [0.15, 0.2) is 0 Å². The molecule has 0 spiro atoms. The van der Waals surface area contributed by atoms with Crippen molar-refractivity contribution in [2.45, 2.75) is 35.6 Å². The predicted octanol–water partition coefficient (Wildman–Crippen LogP) is 9.72. The SMILES string of the molecule is Cc1c(C(=O)O)c(-c2cccc(N3CCN(c4ccc(NS(=O)(=O)c5ccc(N[C@H](CCN6CCC6)CSc6ccccc6)c([N+](=O)[O-])c5)cc4)CC3)c2)c(-c2ccc(Cl)cc2)n1C. The summed E-state index contributed by atoms with van der Waals surface area (Å²) in [4.78, 5) is 32.2. The summed E-state index contributed by atoms with van der Waals surface area (Å²) in [6, 6.07) is 36.5. The molecular formula is C48H50ClN7O6S2. The predicted molar refractivity (Wildman–Crippen MR) is 258 cm³/mol. The number of piperazine rings is 1. The molecule has 332 valence electrons. The van der Waals surface area contributed by atoms with Crippen LogP contribution in [0.5, 0.6) is 0 Å². The van der Waals surface area contributed by atoms with Gasteiger partial charge in [-0.2, -0.15) is 0 Å². The molecule has 2 aliphatic heterocycles. The summed E-state index contributed by atoms with van der Waals surface area (Å²) in [6.07, 6.45) is 1.96. The Bertz CT molecular complexity index is 2740. The number of likely N-dealkylation sites (tertiary alicyclic amines) is 1. The number of halogens is 1. The lowest BCUT2D eigenvalue weighted by molar-refractivity contribution is -0.384. The van der Waals surface area contributed by atoms with E-state index in [0.717, 1.165) is 65.2 Å². The maximum Gasteiger partial charge on any atom is 0.338 e. The molecule has 5 aromatic carbocycles. The second kappa shape index (κ2) is 19.4. The third-order valence-corrected chi connectivity index (χ3v) is 14.9. The minimum absolute atomic E-state index is 0.0781. The molecular weight excluding hydrogens is 870 g/mol. The molecule has 8 rings (SSSR count). The molecule has 3 N–H and O–H groups in total. The topological polar surface area (TPSA) is 153 Å². The molecule has 0 radical (unpaired) electrons. The Morgan fingerprint density at radius 1 is 0.844 bits per heavy atom. The Kier molecular flexibility index (Phi) is 13.5. The molecule has 1 atom stereocenters. The van der Waals surface area contributed by atoms with Crippen molar-refractivity contribution in [1.82, 2.24) is 9.47 Å². The van der Waals surface area contributed by atoms with Crippen LogP contribution in [0.3, 0.4) is 0 Å². The van der Waals surface area contributed by atoms with Gasteiger partial charge in [-0.25, -0.2) is 13.2 Å². The van der Waals surface area contributed by atoms with E-state index in [1.807, 2.05) is 91.3 Å². The van der Waals surface area contributed by atoms with Crippen molar-refractivity contribution < 1.29 is 23.2 Å². The zero-order valence-corrected chi connectivity index (χ0v) is 38.0. The van der Waals surface area contributed by atoms with Gasteiger partial charge in [0.05, 0.1) is 21.1 Å². The first-order valence-corrected chi connectivity index (χ1v) is 24.1. The molecule has 0 amide bonds. The van der Waals surface area contributed by atoms with E-state index in [1.165, 1.54) is 18.6 Å². The van der Waals surface area contributed by atoms with Crippen LogP contribution >= 0.6 is 23.4 Å². The van der Waals surface area contributed by atoms with Gasteiger partial charge < -0.3 is 29.7 Å². The standard InChI is InChI=1S/C48H50ClN7O6S2/c1-33-45(48(57)58)46(47(52(33)2)34-12-14-36(49)15-13-34)35-8-6-9-40(30-35)55-28-26-54(27-29-55)39-18-16-37(17-19-39)51-64(61,62)42-20-21-43(44(31-42)56(59)60)50-38(22-25-53-23-7-24-53)32-63-41-10-4-3-5-11-41/h3-6,8-21,30-31,38,50-51H,7,22-29,32H2,1-2H3,(H,57,58)/t38-/m1/s1. The minimum Gasteiger partial charge on any atom is -0.478 e. The molecule has 0 aliphatic carbocycles. The van der Waals surface area contributed by atoms with Gasteiger partial charge in [-0.1, -0.05) is 54.1 Å². The van der Waals surface area contributed by atoms with Crippen molar-refractivity contribution in [3.63, 3.8) is 0 Å². The van der Waals surface area contributed by atoms with Crippen molar-refractivity contribution in [3.8, 4) is 22.4 Å². The molecule has 64 heavy (non-hydrogen) atoms. The highest BCUT2D eigenvalue weighted by molar-refractivity contribution is 7.99. The molecule has 0 bridgehead atoms. The van der Waals surface area contributed by atoms with Crippen molar-refractivity contribution in [2.24, 2.45) is 7.05 Å². The van der Waals surface area contributed by atoms with Gasteiger partial charge in [0.25, 0.3) is 15.7 Å². The Labute approximate surface area is 382 Å². The lowest BCUT2D eigenvalue weighted by Crippen LogP contribution is -2.46. The number of aromatic carboxylic acids is 1. The molecule has 2 aliphatic rings. The number of thioether (sulfide) groups is 1. The van der Waals surface area contributed by atoms with Gasteiger partial charge in [-0.15, -0.1) is 11.8 Å². The molecule has 2 saturated heterocycles. The monoisotopic (exact) mass is 919 g/mol. The van der Waals surface area contributed by atoms with Crippen molar-refractivity contribution in [1.29, 1.82) is 0 Å². The van der Waals surface area contributed by atoms with E-state index in [2.05, 4.69) is 30.8 Å². The number of hydrogen-bond acceptors (Lipinski definition) is 10. The lowest BCUT2D eigenvalue weighted by atomic mass is 9.96. The number of anilines is 4. The summed E-state index contributed by atoms with van der Waals surface area (Å²) in [7, 11) is -2.28. The Morgan fingerprint density at radius 3 is 2.17 bits per heavy atom. The van der Waals surface area contributed by atoms with Crippen LogP contribution in [0.25, 0.3) is 22.4 Å². The third-order valence-electron chi connectivity index (χ3n) is 12.1. The molecule has 3 heterocycles. The van der Waals surface area contributed by atoms with Crippen molar-refractivity contribution in [3.05, 3.63) is 148 Å². The fourth-order valence-electron chi connectivity index (χ4n) is 8.35. The van der Waals surface area contributed by atoms with E-state index in [-0.39, 0.29) is 27.9 Å². The highest BCUT2D eigenvalue weighted by Gasteiger charge is 2.28. The zero-order chi connectivity index (χ0) is 45.0. The van der Waals surface area contributed by atoms with Gasteiger partial charge >= 0.3 is 5.97 Å². The Hall–Kier alpha value is -6.00. The van der Waals surface area contributed by atoms with Gasteiger partial charge in [0, 0.05) is 95.9 Å². The van der Waals surface area contributed by atoms with Crippen LogP contribution in [-0.2, 0) is 17.1 Å². The first-order valence-electron chi connectivity index (χ1n) is 21.2. The Balaban J connectivity index is 0.920. The summed E-state index contributed by atoms with van der Waals surface area (Å²) in [5.74, 6) is -0.299. The number of carbonyl (C=O) groups is 1. The van der Waals surface area contributed by atoms with Gasteiger partial charge in [0.1, 0.15) is 5.69 Å². The van der Waals surface area contributed by atoms with E-state index < -0.39 is 20.9 Å². The third kappa shape index (κ3) is 10.0. The average Bonchev–Trinajstić information content (AvgIpc) is 3.55. The maximum atomic E-state index is 13.6. The summed E-state index contributed by atoms with van der Waals surface area (Å²) in [6.45, 7) is 7.61. The Morgan fingerprint density at radius 2 is 1.53 bits per heavy atom. The number of nitrogens with zero attached hydrogens (tertiary/aromatic N) is 5. The molecule has 1 aromatic heterocycles. The number of nitro groups is 1. The summed E-state index contributed by atoms with van der Waals surface area (Å²) >= 11 is 7.87. The number of nitro benzene ring substituents is 1. The van der Waals surface area contributed by atoms with Crippen LogP contribution in [0, 0.1) is 17.0 Å². The molecule has 0 unspecified atom stereocenters. The summed E-state index contributed by atoms with van der Waals surface area (Å²) in [5, 5.41) is 26.6. The maximum absolute atomic E-state index is 13.6. The summed E-state index contributed by atoms with van der Waals surface area (Å²) < 4.78 is 31.8. The van der Waals surface area contributed by atoms with Crippen LogP contribution < -0.4 is 19.8 Å². The quantitative estimate of drug-likeness (QED) is 0.0455. The highest BCUT2D eigenvalue weighted by Crippen LogP contribution is 2.40. The summed E-state index contributed by atoms with van der Waals surface area (Å²) in [5.41, 5.74) is 6.28.